The van der Waals surface area contributed by atoms with E-state index >= 15 is 0 Å². The molecule has 0 aromatic heterocycles. The van der Waals surface area contributed by atoms with Crippen LogP contribution in [0.2, 0.25) is 0 Å². The first-order valence-corrected chi connectivity index (χ1v) is 8.73. The lowest BCUT2D eigenvalue weighted by molar-refractivity contribution is -0.121. The summed E-state index contributed by atoms with van der Waals surface area (Å²) in [6.45, 7) is 5.46. The number of carbonyl (C=O) groups is 2. The Morgan fingerprint density at radius 3 is 2.56 bits per heavy atom. The van der Waals surface area contributed by atoms with Gasteiger partial charge < -0.3 is 20.1 Å². The van der Waals surface area contributed by atoms with Crippen LogP contribution in [0.5, 0.6) is 5.75 Å². The topological polar surface area (TPSA) is 76.7 Å². The number of amides is 2. The molecule has 0 radical (unpaired) electrons. The average molecular weight is 348 g/mol. The predicted octanol–water partition coefficient (Wildman–Crippen LogP) is 3.72. The molecular formula is C19H28N2O4. The molecule has 1 aliphatic rings. The van der Waals surface area contributed by atoms with Crippen LogP contribution in [0.3, 0.4) is 0 Å². The Morgan fingerprint density at radius 2 is 1.88 bits per heavy atom. The number of ether oxygens (including phenoxy) is 2. The van der Waals surface area contributed by atoms with Crippen LogP contribution in [0, 0.1) is 5.92 Å². The van der Waals surface area contributed by atoms with Crippen molar-refractivity contribution in [1.82, 2.24) is 5.32 Å². The summed E-state index contributed by atoms with van der Waals surface area (Å²) in [6, 6.07) is 7.03. The molecule has 6 heteroatoms. The van der Waals surface area contributed by atoms with Gasteiger partial charge >= 0.3 is 6.09 Å². The molecule has 0 saturated heterocycles. The van der Waals surface area contributed by atoms with E-state index in [1.807, 2.05) is 39.0 Å². The minimum absolute atomic E-state index is 0.0889. The van der Waals surface area contributed by atoms with Gasteiger partial charge in [0.25, 0.3) is 0 Å². The van der Waals surface area contributed by atoms with E-state index in [-0.39, 0.29) is 17.9 Å². The molecule has 1 aliphatic carbocycles. The van der Waals surface area contributed by atoms with E-state index in [1.54, 1.807) is 13.2 Å². The van der Waals surface area contributed by atoms with Crippen molar-refractivity contribution in [3.63, 3.8) is 0 Å². The fraction of sp³-hybridized carbons (Fsp3) is 0.579. The molecule has 25 heavy (non-hydrogen) atoms. The maximum atomic E-state index is 12.7. The highest BCUT2D eigenvalue weighted by atomic mass is 16.6. The van der Waals surface area contributed by atoms with Gasteiger partial charge in [-0.2, -0.15) is 0 Å². The molecule has 1 saturated carbocycles. The van der Waals surface area contributed by atoms with E-state index in [4.69, 9.17) is 9.47 Å². The standard InChI is InChI=1S/C19H28N2O4/c1-19(2,3)25-18(23)21-16-11-6-5-10-15(16)17(22)20-13-8-7-9-14(12-13)24-4/h7-9,12,15-16H,5-6,10-11H2,1-4H3,(H,20,22)(H,21,23). The minimum atomic E-state index is -0.558. The summed E-state index contributed by atoms with van der Waals surface area (Å²) < 4.78 is 10.5. The Kier molecular flexibility index (Phi) is 6.28. The molecule has 2 amide bonds. The van der Waals surface area contributed by atoms with Crippen molar-refractivity contribution in [2.24, 2.45) is 5.92 Å². The average Bonchev–Trinajstić information content (AvgIpc) is 2.53. The van der Waals surface area contributed by atoms with Crippen LogP contribution in [0.15, 0.2) is 24.3 Å². The monoisotopic (exact) mass is 348 g/mol. The van der Waals surface area contributed by atoms with E-state index in [1.165, 1.54) is 0 Å². The van der Waals surface area contributed by atoms with Crippen LogP contribution in [-0.2, 0) is 9.53 Å². The molecule has 2 atom stereocenters. The second-order valence-electron chi connectivity index (χ2n) is 7.36. The molecule has 0 bridgehead atoms. The lowest BCUT2D eigenvalue weighted by Crippen LogP contribution is -2.48. The summed E-state index contributed by atoms with van der Waals surface area (Å²) in [5.74, 6) is 0.325. The van der Waals surface area contributed by atoms with Crippen molar-refractivity contribution in [3.8, 4) is 5.75 Å². The minimum Gasteiger partial charge on any atom is -0.497 e. The molecule has 2 unspecified atom stereocenters. The third-order valence-corrected chi connectivity index (χ3v) is 4.14. The van der Waals surface area contributed by atoms with Crippen LogP contribution < -0.4 is 15.4 Å². The Hall–Kier alpha value is -2.24. The zero-order valence-corrected chi connectivity index (χ0v) is 15.4. The summed E-state index contributed by atoms with van der Waals surface area (Å²) in [5, 5.41) is 5.79. The quantitative estimate of drug-likeness (QED) is 0.869. The van der Waals surface area contributed by atoms with E-state index in [2.05, 4.69) is 10.6 Å². The van der Waals surface area contributed by atoms with Crippen LogP contribution >= 0.6 is 0 Å². The number of anilines is 1. The number of methoxy groups -OCH3 is 1. The van der Waals surface area contributed by atoms with Crippen LogP contribution in [-0.4, -0.2) is 30.8 Å². The molecule has 1 aromatic rings. The SMILES string of the molecule is COc1cccc(NC(=O)C2CCCCC2NC(=O)OC(C)(C)C)c1. The molecule has 0 heterocycles. The van der Waals surface area contributed by atoms with Crippen molar-refractivity contribution in [2.45, 2.75) is 58.1 Å². The van der Waals surface area contributed by atoms with Crippen molar-refractivity contribution >= 4 is 17.7 Å². The summed E-state index contributed by atoms with van der Waals surface area (Å²) >= 11 is 0. The van der Waals surface area contributed by atoms with Gasteiger partial charge in [-0.05, 0) is 45.7 Å². The van der Waals surface area contributed by atoms with Gasteiger partial charge in [0.2, 0.25) is 5.91 Å². The highest BCUT2D eigenvalue weighted by Crippen LogP contribution is 2.27. The highest BCUT2D eigenvalue weighted by molar-refractivity contribution is 5.93. The first kappa shape index (κ1) is 19.1. The van der Waals surface area contributed by atoms with E-state index in [0.29, 0.717) is 11.4 Å². The predicted molar refractivity (Wildman–Crippen MR) is 96.7 cm³/mol. The second kappa shape index (κ2) is 8.23. The number of nitrogens with one attached hydrogen (secondary N) is 2. The van der Waals surface area contributed by atoms with Gasteiger partial charge in [0, 0.05) is 17.8 Å². The molecule has 0 aliphatic heterocycles. The van der Waals surface area contributed by atoms with Crippen molar-refractivity contribution in [3.05, 3.63) is 24.3 Å². The second-order valence-corrected chi connectivity index (χ2v) is 7.36. The first-order valence-electron chi connectivity index (χ1n) is 8.73. The Bertz CT molecular complexity index is 610. The Morgan fingerprint density at radius 1 is 1.16 bits per heavy atom. The highest BCUT2D eigenvalue weighted by Gasteiger charge is 2.33. The summed E-state index contributed by atoms with van der Waals surface area (Å²) in [5.41, 5.74) is 0.128. The first-order chi connectivity index (χ1) is 11.8. The normalized spacial score (nSPS) is 20.5. The zero-order chi connectivity index (χ0) is 18.4. The maximum Gasteiger partial charge on any atom is 0.407 e. The lowest BCUT2D eigenvalue weighted by Gasteiger charge is -2.32. The molecule has 1 aromatic carbocycles. The van der Waals surface area contributed by atoms with Gasteiger partial charge in [0.05, 0.1) is 13.0 Å². The van der Waals surface area contributed by atoms with Crippen LogP contribution in [0.25, 0.3) is 0 Å². The Balaban J connectivity index is 2.01. The van der Waals surface area contributed by atoms with Crippen molar-refractivity contribution in [2.75, 3.05) is 12.4 Å². The molecule has 6 nitrogen and oxygen atoms in total. The Labute approximate surface area is 149 Å². The van der Waals surface area contributed by atoms with Gasteiger partial charge in [-0.1, -0.05) is 18.9 Å². The molecule has 1 fully saturated rings. The fourth-order valence-corrected chi connectivity index (χ4v) is 3.01. The fourth-order valence-electron chi connectivity index (χ4n) is 3.01. The lowest BCUT2D eigenvalue weighted by atomic mass is 9.84. The molecule has 138 valence electrons. The number of rotatable bonds is 4. The number of carbonyl (C=O) groups excluding carboxylic acids is 2. The van der Waals surface area contributed by atoms with Gasteiger partial charge in [-0.3, -0.25) is 4.79 Å². The van der Waals surface area contributed by atoms with Crippen molar-refractivity contribution < 1.29 is 19.1 Å². The third kappa shape index (κ3) is 5.96. The van der Waals surface area contributed by atoms with E-state index < -0.39 is 11.7 Å². The van der Waals surface area contributed by atoms with Crippen LogP contribution in [0.4, 0.5) is 10.5 Å². The van der Waals surface area contributed by atoms with E-state index in [0.717, 1.165) is 25.7 Å². The van der Waals surface area contributed by atoms with E-state index in [9.17, 15) is 9.59 Å². The summed E-state index contributed by atoms with van der Waals surface area (Å²) in [4.78, 5) is 24.8. The third-order valence-electron chi connectivity index (χ3n) is 4.14. The maximum absolute atomic E-state index is 12.7. The van der Waals surface area contributed by atoms with Gasteiger partial charge in [-0.15, -0.1) is 0 Å². The number of alkyl carbamates (subject to hydrolysis) is 1. The zero-order valence-electron chi connectivity index (χ0n) is 15.4. The summed E-state index contributed by atoms with van der Waals surface area (Å²) in [6.07, 6.45) is 3.01. The number of benzene rings is 1. The molecule has 2 rings (SSSR count). The van der Waals surface area contributed by atoms with Gasteiger partial charge in [0.1, 0.15) is 11.4 Å². The number of hydrogen-bond donors (Lipinski definition) is 2. The van der Waals surface area contributed by atoms with Crippen molar-refractivity contribution in [1.29, 1.82) is 0 Å². The van der Waals surface area contributed by atoms with Gasteiger partial charge in [-0.25, -0.2) is 4.79 Å². The summed E-state index contributed by atoms with van der Waals surface area (Å²) in [7, 11) is 1.59. The molecule has 0 spiro atoms. The largest absolute Gasteiger partial charge is 0.497 e. The molecule has 2 N–H and O–H groups in total. The number of hydrogen-bond acceptors (Lipinski definition) is 4. The molecular weight excluding hydrogens is 320 g/mol. The van der Waals surface area contributed by atoms with Gasteiger partial charge in [0.15, 0.2) is 0 Å². The van der Waals surface area contributed by atoms with Crippen LogP contribution in [0.1, 0.15) is 46.5 Å². The smallest absolute Gasteiger partial charge is 0.407 e.